The number of carbonyl (C=O) groups is 1. The molecule has 0 N–H and O–H groups in total. The Morgan fingerprint density at radius 1 is 1.17 bits per heavy atom. The van der Waals surface area contributed by atoms with Gasteiger partial charge in [-0.1, -0.05) is 0 Å². The van der Waals surface area contributed by atoms with Crippen LogP contribution in [0.2, 0.25) is 0 Å². The number of aromatic nitrogens is 3. The molecule has 0 aliphatic carbocycles. The van der Waals surface area contributed by atoms with Gasteiger partial charge in [0.05, 0.1) is 0 Å². The first-order chi connectivity index (χ1) is 11.2. The van der Waals surface area contributed by atoms with E-state index in [1.165, 1.54) is 0 Å². The molecule has 1 fully saturated rings. The van der Waals surface area contributed by atoms with Gasteiger partial charge in [0.25, 0.3) is 0 Å². The zero-order valence-corrected chi connectivity index (χ0v) is 13.5. The number of nitrogens with zero attached hydrogens (tertiary/aromatic N) is 5. The van der Waals surface area contributed by atoms with E-state index >= 15 is 0 Å². The lowest BCUT2D eigenvalue weighted by Gasteiger charge is -2.24. The Balaban J connectivity index is 1.56. The second kappa shape index (κ2) is 7.26. The van der Waals surface area contributed by atoms with Crippen LogP contribution in [0.4, 0.5) is 5.82 Å². The van der Waals surface area contributed by atoms with E-state index in [1.807, 2.05) is 41.6 Å². The van der Waals surface area contributed by atoms with Crippen molar-refractivity contribution >= 4 is 11.7 Å². The molecule has 3 heterocycles. The monoisotopic (exact) mass is 313 g/mol. The van der Waals surface area contributed by atoms with E-state index in [9.17, 15) is 4.79 Å². The van der Waals surface area contributed by atoms with Crippen molar-refractivity contribution in [3.63, 3.8) is 0 Å². The largest absolute Gasteiger partial charge is 0.353 e. The summed E-state index contributed by atoms with van der Waals surface area (Å²) < 4.78 is 2.08. The van der Waals surface area contributed by atoms with Crippen molar-refractivity contribution in [3.05, 3.63) is 42.9 Å². The Kier molecular flexibility index (Phi) is 4.90. The Labute approximate surface area is 136 Å². The summed E-state index contributed by atoms with van der Waals surface area (Å²) in [7, 11) is 0. The third-order valence-electron chi connectivity index (χ3n) is 4.34. The summed E-state index contributed by atoms with van der Waals surface area (Å²) in [6.45, 7) is 5.36. The SMILES string of the molecule is C[C@@H](CC(=O)N1CCCN(c2cccnn2)CC1)n1cccc1. The Bertz CT molecular complexity index is 613. The summed E-state index contributed by atoms with van der Waals surface area (Å²) in [6, 6.07) is 8.04. The molecule has 0 saturated carbocycles. The number of amides is 1. The van der Waals surface area contributed by atoms with Gasteiger partial charge >= 0.3 is 0 Å². The standard InChI is InChI=1S/C17H23N5O/c1-15(20-8-2-3-9-20)14-17(23)22-11-5-10-21(12-13-22)16-6-4-7-18-19-16/h2-4,6-9,15H,5,10-14H2,1H3/t15-/m0/s1. The van der Waals surface area contributed by atoms with E-state index in [0.29, 0.717) is 6.42 Å². The molecule has 0 unspecified atom stereocenters. The molecule has 2 aromatic heterocycles. The van der Waals surface area contributed by atoms with Crippen LogP contribution in [0.15, 0.2) is 42.9 Å². The lowest BCUT2D eigenvalue weighted by molar-refractivity contribution is -0.131. The highest BCUT2D eigenvalue weighted by molar-refractivity contribution is 5.76. The number of hydrogen-bond donors (Lipinski definition) is 0. The van der Waals surface area contributed by atoms with Crippen LogP contribution in [-0.2, 0) is 4.79 Å². The predicted octanol–water partition coefficient (Wildman–Crippen LogP) is 1.97. The fraction of sp³-hybridized carbons (Fsp3) is 0.471. The smallest absolute Gasteiger partial charge is 0.224 e. The molecule has 0 radical (unpaired) electrons. The van der Waals surface area contributed by atoms with Crippen LogP contribution in [0.25, 0.3) is 0 Å². The van der Waals surface area contributed by atoms with Crippen LogP contribution >= 0.6 is 0 Å². The fourth-order valence-corrected chi connectivity index (χ4v) is 2.99. The highest BCUT2D eigenvalue weighted by Crippen LogP contribution is 2.16. The zero-order chi connectivity index (χ0) is 16.1. The number of hydrogen-bond acceptors (Lipinski definition) is 4. The summed E-state index contributed by atoms with van der Waals surface area (Å²) in [5.41, 5.74) is 0. The van der Waals surface area contributed by atoms with Gasteiger partial charge in [-0.2, -0.15) is 5.10 Å². The average Bonchev–Trinajstić information content (AvgIpc) is 3.00. The first-order valence-corrected chi connectivity index (χ1v) is 8.17. The summed E-state index contributed by atoms with van der Waals surface area (Å²) in [5.74, 6) is 1.12. The Hall–Kier alpha value is -2.37. The van der Waals surface area contributed by atoms with Gasteiger partial charge < -0.3 is 14.4 Å². The van der Waals surface area contributed by atoms with Crippen molar-refractivity contribution in [3.8, 4) is 0 Å². The second-order valence-electron chi connectivity index (χ2n) is 5.99. The minimum atomic E-state index is 0.192. The van der Waals surface area contributed by atoms with Gasteiger partial charge in [0.15, 0.2) is 5.82 Å². The van der Waals surface area contributed by atoms with Crippen molar-refractivity contribution < 1.29 is 4.79 Å². The lowest BCUT2D eigenvalue weighted by Crippen LogP contribution is -2.36. The summed E-state index contributed by atoms with van der Waals surface area (Å²) >= 11 is 0. The van der Waals surface area contributed by atoms with Crippen LogP contribution < -0.4 is 4.90 Å². The third-order valence-corrected chi connectivity index (χ3v) is 4.34. The van der Waals surface area contributed by atoms with Crippen molar-refractivity contribution in [1.82, 2.24) is 19.7 Å². The maximum absolute atomic E-state index is 12.6. The highest BCUT2D eigenvalue weighted by atomic mass is 16.2. The molecule has 1 aliphatic rings. The summed E-state index contributed by atoms with van der Waals surface area (Å²) in [5, 5.41) is 8.10. The van der Waals surface area contributed by atoms with E-state index in [-0.39, 0.29) is 11.9 Å². The van der Waals surface area contributed by atoms with Gasteiger partial charge in [0.1, 0.15) is 0 Å². The Morgan fingerprint density at radius 3 is 2.74 bits per heavy atom. The van der Waals surface area contributed by atoms with Crippen molar-refractivity contribution in [2.45, 2.75) is 25.8 Å². The van der Waals surface area contributed by atoms with E-state index in [4.69, 9.17) is 0 Å². The number of rotatable bonds is 4. The fourth-order valence-electron chi connectivity index (χ4n) is 2.99. The van der Waals surface area contributed by atoms with Crippen LogP contribution in [-0.4, -0.2) is 51.8 Å². The van der Waals surface area contributed by atoms with E-state index in [1.54, 1.807) is 6.20 Å². The molecule has 23 heavy (non-hydrogen) atoms. The van der Waals surface area contributed by atoms with Crippen LogP contribution in [0, 0.1) is 0 Å². The molecule has 3 rings (SSSR count). The molecule has 1 atom stereocenters. The van der Waals surface area contributed by atoms with E-state index in [2.05, 4.69) is 26.6 Å². The molecule has 0 bridgehead atoms. The molecule has 122 valence electrons. The number of carbonyl (C=O) groups excluding carboxylic acids is 1. The lowest BCUT2D eigenvalue weighted by atomic mass is 10.2. The third kappa shape index (κ3) is 3.88. The van der Waals surface area contributed by atoms with Crippen LogP contribution in [0.3, 0.4) is 0 Å². The highest BCUT2D eigenvalue weighted by Gasteiger charge is 2.21. The minimum Gasteiger partial charge on any atom is -0.353 e. The molecule has 6 heteroatoms. The van der Waals surface area contributed by atoms with Crippen molar-refractivity contribution in [2.24, 2.45) is 0 Å². The first kappa shape index (κ1) is 15.5. The van der Waals surface area contributed by atoms with Crippen molar-refractivity contribution in [1.29, 1.82) is 0 Å². The molecule has 0 aromatic carbocycles. The summed E-state index contributed by atoms with van der Waals surface area (Å²) in [6.07, 6.45) is 7.20. The first-order valence-electron chi connectivity index (χ1n) is 8.17. The number of anilines is 1. The molecule has 0 spiro atoms. The van der Waals surface area contributed by atoms with E-state index < -0.39 is 0 Å². The molecule has 1 saturated heterocycles. The van der Waals surface area contributed by atoms with Crippen molar-refractivity contribution in [2.75, 3.05) is 31.1 Å². The maximum atomic E-state index is 12.6. The molecule has 2 aromatic rings. The molecular formula is C17H23N5O. The summed E-state index contributed by atoms with van der Waals surface area (Å²) in [4.78, 5) is 16.8. The maximum Gasteiger partial charge on any atom is 0.224 e. The zero-order valence-electron chi connectivity index (χ0n) is 13.5. The van der Waals surface area contributed by atoms with Gasteiger partial charge in [-0.3, -0.25) is 4.79 Å². The molecule has 1 aliphatic heterocycles. The normalized spacial score (nSPS) is 16.9. The van der Waals surface area contributed by atoms with Crippen LogP contribution in [0.5, 0.6) is 0 Å². The molecule has 6 nitrogen and oxygen atoms in total. The van der Waals surface area contributed by atoms with Crippen LogP contribution in [0.1, 0.15) is 25.8 Å². The van der Waals surface area contributed by atoms with Gasteiger partial charge in [-0.25, -0.2) is 0 Å². The molecular weight excluding hydrogens is 290 g/mol. The van der Waals surface area contributed by atoms with Gasteiger partial charge in [0, 0.05) is 57.2 Å². The average molecular weight is 313 g/mol. The predicted molar refractivity (Wildman–Crippen MR) is 89.2 cm³/mol. The molecule has 1 amide bonds. The second-order valence-corrected chi connectivity index (χ2v) is 5.99. The topological polar surface area (TPSA) is 54.3 Å². The van der Waals surface area contributed by atoms with Gasteiger partial charge in [0.2, 0.25) is 5.91 Å². The van der Waals surface area contributed by atoms with Gasteiger partial charge in [-0.15, -0.1) is 5.10 Å². The Morgan fingerprint density at radius 2 is 2.00 bits per heavy atom. The van der Waals surface area contributed by atoms with E-state index in [0.717, 1.165) is 38.4 Å². The minimum absolute atomic E-state index is 0.192. The van der Waals surface area contributed by atoms with Gasteiger partial charge in [-0.05, 0) is 37.6 Å². The quantitative estimate of drug-likeness (QED) is 0.866.